The molecule has 3 aliphatic rings. The highest BCUT2D eigenvalue weighted by molar-refractivity contribution is 5.91. The van der Waals surface area contributed by atoms with Crippen LogP contribution >= 0.6 is 0 Å². The van der Waals surface area contributed by atoms with Gasteiger partial charge in [0.05, 0.1) is 6.04 Å². The van der Waals surface area contributed by atoms with Crippen LogP contribution in [0.3, 0.4) is 0 Å². The molecular formula is C27H29N. The summed E-state index contributed by atoms with van der Waals surface area (Å²) in [6, 6.07) is 21.7. The Morgan fingerprint density at radius 2 is 1.54 bits per heavy atom. The molecule has 0 saturated heterocycles. The summed E-state index contributed by atoms with van der Waals surface area (Å²) < 4.78 is 0. The molecule has 0 saturated carbocycles. The third kappa shape index (κ3) is 2.52. The summed E-state index contributed by atoms with van der Waals surface area (Å²) >= 11 is 0. The molecule has 142 valence electrons. The molecule has 6 rings (SSSR count). The van der Waals surface area contributed by atoms with Gasteiger partial charge in [0.2, 0.25) is 0 Å². The van der Waals surface area contributed by atoms with E-state index in [1.165, 1.54) is 74.4 Å². The minimum atomic E-state index is 0.562. The maximum absolute atomic E-state index is 2.77. The van der Waals surface area contributed by atoms with Crippen molar-refractivity contribution in [1.29, 1.82) is 0 Å². The summed E-state index contributed by atoms with van der Waals surface area (Å²) in [6.45, 7) is 1.20. The predicted octanol–water partition coefficient (Wildman–Crippen LogP) is 6.94. The normalized spacial score (nSPS) is 23.8. The minimum Gasteiger partial charge on any atom is -0.364 e. The number of para-hydroxylation sites is 1. The zero-order valence-electron chi connectivity index (χ0n) is 16.7. The largest absolute Gasteiger partial charge is 0.364 e. The second-order valence-electron chi connectivity index (χ2n) is 9.07. The van der Waals surface area contributed by atoms with Crippen molar-refractivity contribution in [1.82, 2.24) is 0 Å². The number of aryl methyl sites for hydroxylation is 1. The molecule has 2 unspecified atom stereocenters. The van der Waals surface area contributed by atoms with Gasteiger partial charge in [-0.2, -0.15) is 0 Å². The van der Waals surface area contributed by atoms with E-state index in [1.54, 1.807) is 22.3 Å². The zero-order chi connectivity index (χ0) is 18.5. The van der Waals surface area contributed by atoms with Gasteiger partial charge in [-0.1, -0.05) is 67.8 Å². The van der Waals surface area contributed by atoms with Crippen molar-refractivity contribution in [2.45, 2.75) is 63.3 Å². The lowest BCUT2D eigenvalue weighted by atomic mass is 9.71. The SMILES string of the molecule is c1ccc2c(c1)C1Cc3c4cc(c5ccccc35)CCCCCCCN2C4C1. The van der Waals surface area contributed by atoms with Crippen molar-refractivity contribution in [3.05, 3.63) is 76.9 Å². The second-order valence-corrected chi connectivity index (χ2v) is 9.07. The molecule has 1 nitrogen and oxygen atoms in total. The molecule has 2 atom stereocenters. The molecule has 2 heterocycles. The lowest BCUT2D eigenvalue weighted by Crippen LogP contribution is -2.39. The average Bonchev–Trinajstić information content (AvgIpc) is 2.74. The Labute approximate surface area is 168 Å². The molecule has 28 heavy (non-hydrogen) atoms. The Bertz CT molecular complexity index is 1030. The molecule has 0 radical (unpaired) electrons. The first kappa shape index (κ1) is 16.7. The van der Waals surface area contributed by atoms with Gasteiger partial charge in [0.25, 0.3) is 0 Å². The number of rotatable bonds is 0. The lowest BCUT2D eigenvalue weighted by molar-refractivity contribution is 0.437. The van der Waals surface area contributed by atoms with E-state index in [1.807, 2.05) is 0 Å². The zero-order valence-corrected chi connectivity index (χ0v) is 16.7. The molecular weight excluding hydrogens is 338 g/mol. The summed E-state index contributed by atoms with van der Waals surface area (Å²) in [5.74, 6) is 0.673. The van der Waals surface area contributed by atoms with Gasteiger partial charge in [0, 0.05) is 12.2 Å². The molecule has 4 bridgehead atoms. The van der Waals surface area contributed by atoms with Gasteiger partial charge in [0.15, 0.2) is 0 Å². The topological polar surface area (TPSA) is 3.24 Å². The summed E-state index contributed by atoms with van der Waals surface area (Å²) in [5, 5.41) is 3.04. The number of benzene rings is 3. The average molecular weight is 368 g/mol. The first-order valence-corrected chi connectivity index (χ1v) is 11.3. The van der Waals surface area contributed by atoms with Crippen LogP contribution in [0.1, 0.15) is 72.7 Å². The van der Waals surface area contributed by atoms with Crippen LogP contribution in [0.5, 0.6) is 0 Å². The van der Waals surface area contributed by atoms with Gasteiger partial charge in [-0.3, -0.25) is 0 Å². The van der Waals surface area contributed by atoms with E-state index in [-0.39, 0.29) is 0 Å². The Morgan fingerprint density at radius 3 is 2.50 bits per heavy atom. The third-order valence-corrected chi connectivity index (χ3v) is 7.50. The molecule has 1 aliphatic carbocycles. The van der Waals surface area contributed by atoms with Gasteiger partial charge < -0.3 is 4.90 Å². The summed E-state index contributed by atoms with van der Waals surface area (Å²) in [4.78, 5) is 2.77. The molecule has 0 fully saturated rings. The smallest absolute Gasteiger partial charge is 0.0551 e. The van der Waals surface area contributed by atoms with Crippen LogP contribution in [0.25, 0.3) is 10.8 Å². The fraction of sp³-hybridized carbons (Fsp3) is 0.407. The van der Waals surface area contributed by atoms with E-state index in [0.717, 1.165) is 0 Å². The van der Waals surface area contributed by atoms with Crippen molar-refractivity contribution in [2.75, 3.05) is 11.4 Å². The highest BCUT2D eigenvalue weighted by Crippen LogP contribution is 2.52. The van der Waals surface area contributed by atoms with Crippen molar-refractivity contribution < 1.29 is 0 Å². The third-order valence-electron chi connectivity index (χ3n) is 7.50. The minimum absolute atomic E-state index is 0.562. The van der Waals surface area contributed by atoms with Gasteiger partial charge >= 0.3 is 0 Å². The van der Waals surface area contributed by atoms with Gasteiger partial charge in [-0.05, 0) is 77.1 Å². The van der Waals surface area contributed by atoms with Crippen molar-refractivity contribution in [2.24, 2.45) is 0 Å². The molecule has 2 aliphatic heterocycles. The van der Waals surface area contributed by atoms with Gasteiger partial charge in [-0.25, -0.2) is 0 Å². The van der Waals surface area contributed by atoms with E-state index in [0.29, 0.717) is 12.0 Å². The molecule has 3 aromatic rings. The quantitative estimate of drug-likeness (QED) is 0.416. The number of nitrogens with zero attached hydrogens (tertiary/aromatic N) is 1. The Hall–Kier alpha value is -2.28. The first-order valence-electron chi connectivity index (χ1n) is 11.3. The van der Waals surface area contributed by atoms with E-state index >= 15 is 0 Å². The van der Waals surface area contributed by atoms with Crippen LogP contribution < -0.4 is 4.90 Å². The van der Waals surface area contributed by atoms with Crippen LogP contribution in [0.2, 0.25) is 0 Å². The molecule has 3 aromatic carbocycles. The molecule has 1 heteroatoms. The van der Waals surface area contributed by atoms with Crippen LogP contribution in [0.15, 0.2) is 54.6 Å². The Balaban J connectivity index is 1.60. The standard InChI is InChI=1S/C27H29N/c1-2-4-10-19-16-25-24(23-13-6-5-11-21(19)23)17-20-18-27(25)28(15-9-3-1)26-14-8-7-12-22(20)26/h5-8,11-14,16,20,27H,1-4,9-10,15,17-18H2. The first-order chi connectivity index (χ1) is 13.9. The highest BCUT2D eigenvalue weighted by Gasteiger charge is 2.38. The maximum Gasteiger partial charge on any atom is 0.0551 e. The highest BCUT2D eigenvalue weighted by atomic mass is 15.2. The number of fused-ring (bicyclic) bond motifs is 8. The van der Waals surface area contributed by atoms with E-state index in [2.05, 4.69) is 59.5 Å². The molecule has 0 aromatic heterocycles. The molecule has 0 amide bonds. The fourth-order valence-corrected chi connectivity index (χ4v) is 6.19. The predicted molar refractivity (Wildman–Crippen MR) is 118 cm³/mol. The maximum atomic E-state index is 2.77. The van der Waals surface area contributed by atoms with Crippen LogP contribution in [0.4, 0.5) is 5.69 Å². The number of anilines is 1. The molecule has 0 spiro atoms. The lowest BCUT2D eigenvalue weighted by Gasteiger charge is -2.47. The summed E-state index contributed by atoms with van der Waals surface area (Å²) in [5.41, 5.74) is 7.97. The Kier molecular flexibility index (Phi) is 3.96. The van der Waals surface area contributed by atoms with Crippen LogP contribution in [-0.4, -0.2) is 6.54 Å². The summed E-state index contributed by atoms with van der Waals surface area (Å²) in [6.07, 6.45) is 10.5. The van der Waals surface area contributed by atoms with Crippen LogP contribution in [-0.2, 0) is 12.8 Å². The van der Waals surface area contributed by atoms with Crippen molar-refractivity contribution >= 4 is 16.5 Å². The van der Waals surface area contributed by atoms with E-state index in [9.17, 15) is 0 Å². The van der Waals surface area contributed by atoms with Gasteiger partial charge in [0.1, 0.15) is 0 Å². The number of hydrogen-bond acceptors (Lipinski definition) is 1. The van der Waals surface area contributed by atoms with Crippen molar-refractivity contribution in [3.8, 4) is 0 Å². The van der Waals surface area contributed by atoms with Crippen molar-refractivity contribution in [3.63, 3.8) is 0 Å². The summed E-state index contributed by atoms with van der Waals surface area (Å²) in [7, 11) is 0. The Morgan fingerprint density at radius 1 is 0.750 bits per heavy atom. The van der Waals surface area contributed by atoms with Crippen LogP contribution in [0, 0.1) is 0 Å². The number of hydrogen-bond donors (Lipinski definition) is 0. The second kappa shape index (κ2) is 6.65. The fourth-order valence-electron chi connectivity index (χ4n) is 6.19. The molecule has 0 N–H and O–H groups in total. The van der Waals surface area contributed by atoms with E-state index < -0.39 is 0 Å². The van der Waals surface area contributed by atoms with E-state index in [4.69, 9.17) is 0 Å². The van der Waals surface area contributed by atoms with Gasteiger partial charge in [-0.15, -0.1) is 0 Å². The monoisotopic (exact) mass is 367 g/mol.